The average Bonchev–Trinajstić information content (AvgIpc) is 2.67. The summed E-state index contributed by atoms with van der Waals surface area (Å²) in [5, 5.41) is 1.60. The number of benzene rings is 1. The molecule has 122 valence electrons. The molecule has 1 aromatic carbocycles. The van der Waals surface area contributed by atoms with E-state index in [0.717, 1.165) is 10.8 Å². The molecule has 1 aliphatic rings. The molecule has 4 nitrogen and oxygen atoms in total. The van der Waals surface area contributed by atoms with Gasteiger partial charge in [0.1, 0.15) is 0 Å². The summed E-state index contributed by atoms with van der Waals surface area (Å²) in [5.74, 6) is 0. The molecule has 1 fully saturated rings. The zero-order valence-corrected chi connectivity index (χ0v) is 14.7. The first-order valence-corrected chi connectivity index (χ1v) is 8.13. The maximum Gasteiger partial charge on any atom is 0.496 e. The van der Waals surface area contributed by atoms with Crippen LogP contribution in [0.5, 0.6) is 0 Å². The van der Waals surface area contributed by atoms with Gasteiger partial charge in [0.2, 0.25) is 0 Å². The van der Waals surface area contributed by atoms with Gasteiger partial charge in [0, 0.05) is 23.1 Å². The molecule has 0 atom stereocenters. The van der Waals surface area contributed by atoms with Crippen LogP contribution in [0.15, 0.2) is 35.3 Å². The molecule has 2 heterocycles. The van der Waals surface area contributed by atoms with E-state index < -0.39 is 18.3 Å². The van der Waals surface area contributed by atoms with Crippen LogP contribution in [0.2, 0.25) is 0 Å². The fraction of sp³-hybridized carbons (Fsp3) is 0.500. The summed E-state index contributed by atoms with van der Waals surface area (Å²) < 4.78 is 14.1. The Bertz CT molecular complexity index is 792. The standard InChI is InChI=1S/C18H24BNO3/c1-12(2)20-11-15(13-9-7-8-10-14(13)16(20)21)19-22-17(3,4)18(5,6)23-19/h7-12H,1-6H3. The van der Waals surface area contributed by atoms with Gasteiger partial charge in [-0.2, -0.15) is 0 Å². The molecule has 0 spiro atoms. The zero-order valence-electron chi connectivity index (χ0n) is 14.7. The molecule has 1 aromatic heterocycles. The van der Waals surface area contributed by atoms with Gasteiger partial charge in [0.25, 0.3) is 5.56 Å². The molecule has 0 saturated carbocycles. The molecular weight excluding hydrogens is 289 g/mol. The second-order valence-corrected chi connectivity index (χ2v) is 7.52. The predicted molar refractivity (Wildman–Crippen MR) is 94.3 cm³/mol. The van der Waals surface area contributed by atoms with Crippen LogP contribution < -0.4 is 11.0 Å². The number of hydrogen-bond donors (Lipinski definition) is 0. The molecule has 2 aromatic rings. The third kappa shape index (κ3) is 2.52. The first-order chi connectivity index (χ1) is 10.6. The average molecular weight is 313 g/mol. The van der Waals surface area contributed by atoms with Crippen LogP contribution >= 0.6 is 0 Å². The SMILES string of the molecule is CC(C)n1cc(B2OC(C)(C)C(C)(C)O2)c2ccccc2c1=O. The Morgan fingerprint density at radius 2 is 1.52 bits per heavy atom. The maximum absolute atomic E-state index is 12.7. The Morgan fingerprint density at radius 3 is 2.04 bits per heavy atom. The van der Waals surface area contributed by atoms with E-state index in [4.69, 9.17) is 9.31 Å². The quantitative estimate of drug-likeness (QED) is 0.801. The molecule has 3 rings (SSSR count). The van der Waals surface area contributed by atoms with Gasteiger partial charge in [0.05, 0.1) is 11.2 Å². The van der Waals surface area contributed by atoms with E-state index in [1.165, 1.54) is 0 Å². The third-order valence-corrected chi connectivity index (χ3v) is 5.04. The van der Waals surface area contributed by atoms with Crippen LogP contribution in [0.25, 0.3) is 10.8 Å². The highest BCUT2D eigenvalue weighted by Gasteiger charge is 2.52. The summed E-state index contributed by atoms with van der Waals surface area (Å²) in [6.45, 7) is 12.1. The van der Waals surface area contributed by atoms with E-state index in [1.807, 2.05) is 72.0 Å². The number of rotatable bonds is 2. The Hall–Kier alpha value is -1.59. The van der Waals surface area contributed by atoms with Gasteiger partial charge >= 0.3 is 7.12 Å². The second kappa shape index (κ2) is 5.21. The molecule has 0 radical (unpaired) electrons. The summed E-state index contributed by atoms with van der Waals surface area (Å²) in [7, 11) is -0.476. The van der Waals surface area contributed by atoms with Crippen molar-refractivity contribution >= 4 is 23.4 Å². The number of pyridine rings is 1. The predicted octanol–water partition coefficient (Wildman–Crippen LogP) is 2.88. The van der Waals surface area contributed by atoms with Crippen LogP contribution in [-0.4, -0.2) is 22.9 Å². The van der Waals surface area contributed by atoms with Crippen molar-refractivity contribution in [3.8, 4) is 0 Å². The van der Waals surface area contributed by atoms with Crippen molar-refractivity contribution in [3.05, 3.63) is 40.8 Å². The lowest BCUT2D eigenvalue weighted by molar-refractivity contribution is 0.00578. The Morgan fingerprint density at radius 1 is 1.00 bits per heavy atom. The zero-order chi connectivity index (χ0) is 17.0. The molecular formula is C18H24BNO3. The van der Waals surface area contributed by atoms with E-state index in [-0.39, 0.29) is 11.6 Å². The summed E-state index contributed by atoms with van der Waals surface area (Å²) in [4.78, 5) is 12.7. The van der Waals surface area contributed by atoms with Crippen molar-refractivity contribution in [1.29, 1.82) is 0 Å². The number of nitrogens with zero attached hydrogens (tertiary/aromatic N) is 1. The molecule has 1 saturated heterocycles. The lowest BCUT2D eigenvalue weighted by Gasteiger charge is -2.32. The first kappa shape index (κ1) is 16.3. The molecule has 1 aliphatic heterocycles. The molecule has 5 heteroatoms. The summed E-state index contributed by atoms with van der Waals surface area (Å²) >= 11 is 0. The van der Waals surface area contributed by atoms with E-state index >= 15 is 0 Å². The van der Waals surface area contributed by atoms with Gasteiger partial charge in [-0.3, -0.25) is 4.79 Å². The van der Waals surface area contributed by atoms with Gasteiger partial charge in [-0.05, 0) is 53.0 Å². The molecule has 0 N–H and O–H groups in total. The summed E-state index contributed by atoms with van der Waals surface area (Å²) in [6.07, 6.45) is 1.89. The summed E-state index contributed by atoms with van der Waals surface area (Å²) in [5.41, 5.74) is 0.123. The smallest absolute Gasteiger partial charge is 0.399 e. The Labute approximate surface area is 137 Å². The molecule has 0 amide bonds. The van der Waals surface area contributed by atoms with Crippen LogP contribution in [-0.2, 0) is 9.31 Å². The van der Waals surface area contributed by atoms with Crippen LogP contribution in [0.3, 0.4) is 0 Å². The van der Waals surface area contributed by atoms with Crippen LogP contribution in [0, 0.1) is 0 Å². The van der Waals surface area contributed by atoms with Crippen molar-refractivity contribution in [3.63, 3.8) is 0 Å². The van der Waals surface area contributed by atoms with E-state index in [0.29, 0.717) is 5.39 Å². The van der Waals surface area contributed by atoms with Crippen molar-refractivity contribution in [2.75, 3.05) is 0 Å². The van der Waals surface area contributed by atoms with E-state index in [1.54, 1.807) is 4.57 Å². The minimum Gasteiger partial charge on any atom is -0.399 e. The fourth-order valence-electron chi connectivity index (χ4n) is 2.88. The number of fused-ring (bicyclic) bond motifs is 1. The van der Waals surface area contributed by atoms with Crippen molar-refractivity contribution in [1.82, 2.24) is 4.57 Å². The van der Waals surface area contributed by atoms with Gasteiger partial charge < -0.3 is 13.9 Å². The lowest BCUT2D eigenvalue weighted by Crippen LogP contribution is -2.41. The highest BCUT2D eigenvalue weighted by Crippen LogP contribution is 2.36. The van der Waals surface area contributed by atoms with Crippen LogP contribution in [0.4, 0.5) is 0 Å². The number of aromatic nitrogens is 1. The Balaban J connectivity index is 2.23. The third-order valence-electron chi connectivity index (χ3n) is 5.04. The molecule has 0 unspecified atom stereocenters. The van der Waals surface area contributed by atoms with Gasteiger partial charge in [-0.1, -0.05) is 18.2 Å². The first-order valence-electron chi connectivity index (χ1n) is 8.13. The van der Waals surface area contributed by atoms with Crippen molar-refractivity contribution < 1.29 is 9.31 Å². The van der Waals surface area contributed by atoms with Gasteiger partial charge in [0.15, 0.2) is 0 Å². The van der Waals surface area contributed by atoms with Crippen molar-refractivity contribution in [2.45, 2.75) is 58.8 Å². The summed E-state index contributed by atoms with van der Waals surface area (Å²) in [6, 6.07) is 7.74. The molecule has 23 heavy (non-hydrogen) atoms. The minimum atomic E-state index is -0.476. The monoisotopic (exact) mass is 313 g/mol. The Kier molecular flexibility index (Phi) is 3.69. The molecule has 0 bridgehead atoms. The normalized spacial score (nSPS) is 19.7. The highest BCUT2D eigenvalue weighted by atomic mass is 16.7. The largest absolute Gasteiger partial charge is 0.496 e. The second-order valence-electron chi connectivity index (χ2n) is 7.52. The van der Waals surface area contributed by atoms with Gasteiger partial charge in [-0.25, -0.2) is 0 Å². The molecule has 0 aliphatic carbocycles. The van der Waals surface area contributed by atoms with Crippen LogP contribution in [0.1, 0.15) is 47.6 Å². The highest BCUT2D eigenvalue weighted by molar-refractivity contribution is 6.65. The van der Waals surface area contributed by atoms with E-state index in [2.05, 4.69) is 0 Å². The van der Waals surface area contributed by atoms with E-state index in [9.17, 15) is 4.79 Å². The minimum absolute atomic E-state index is 0.0240. The van der Waals surface area contributed by atoms with Gasteiger partial charge in [-0.15, -0.1) is 0 Å². The fourth-order valence-corrected chi connectivity index (χ4v) is 2.88. The topological polar surface area (TPSA) is 40.5 Å². The lowest BCUT2D eigenvalue weighted by atomic mass is 9.77. The maximum atomic E-state index is 12.7. The van der Waals surface area contributed by atoms with Crippen molar-refractivity contribution in [2.24, 2.45) is 0 Å². The number of hydrogen-bond acceptors (Lipinski definition) is 3.